The zero-order chi connectivity index (χ0) is 13.3. The SMILES string of the molecule is Cc1nc([N+](=O)[O-])c(OC2CCCC2CN)n1C. The topological polar surface area (TPSA) is 96.2 Å². The first kappa shape index (κ1) is 12.8. The summed E-state index contributed by atoms with van der Waals surface area (Å²) in [6, 6.07) is 0. The van der Waals surface area contributed by atoms with Crippen LogP contribution in [0.25, 0.3) is 0 Å². The zero-order valence-corrected chi connectivity index (χ0v) is 10.6. The molecule has 2 unspecified atom stereocenters. The van der Waals surface area contributed by atoms with E-state index in [1.54, 1.807) is 18.5 Å². The summed E-state index contributed by atoms with van der Waals surface area (Å²) in [6.07, 6.45) is 2.93. The van der Waals surface area contributed by atoms with Gasteiger partial charge in [0.25, 0.3) is 5.88 Å². The number of aromatic nitrogens is 2. The Morgan fingerprint density at radius 3 is 2.94 bits per heavy atom. The van der Waals surface area contributed by atoms with Crippen molar-refractivity contribution in [2.24, 2.45) is 18.7 Å². The summed E-state index contributed by atoms with van der Waals surface area (Å²) >= 11 is 0. The molecule has 0 saturated heterocycles. The smallest absolute Gasteiger partial charge is 0.426 e. The van der Waals surface area contributed by atoms with Crippen molar-refractivity contribution in [1.82, 2.24) is 9.55 Å². The van der Waals surface area contributed by atoms with E-state index in [-0.39, 0.29) is 23.7 Å². The third-order valence-corrected chi connectivity index (χ3v) is 3.58. The molecule has 0 amide bonds. The van der Waals surface area contributed by atoms with Crippen LogP contribution in [0.5, 0.6) is 5.88 Å². The second kappa shape index (κ2) is 4.93. The lowest BCUT2D eigenvalue weighted by Gasteiger charge is -2.19. The van der Waals surface area contributed by atoms with Gasteiger partial charge >= 0.3 is 5.82 Å². The van der Waals surface area contributed by atoms with Gasteiger partial charge in [0, 0.05) is 19.9 Å². The fourth-order valence-corrected chi connectivity index (χ4v) is 2.39. The fourth-order valence-electron chi connectivity index (χ4n) is 2.39. The van der Waals surface area contributed by atoms with Gasteiger partial charge in [-0.2, -0.15) is 0 Å². The van der Waals surface area contributed by atoms with Crippen molar-refractivity contribution < 1.29 is 9.66 Å². The van der Waals surface area contributed by atoms with Crippen molar-refractivity contribution in [3.05, 3.63) is 15.9 Å². The van der Waals surface area contributed by atoms with Gasteiger partial charge in [0.05, 0.1) is 0 Å². The maximum Gasteiger partial charge on any atom is 0.426 e. The monoisotopic (exact) mass is 254 g/mol. The molecule has 0 bridgehead atoms. The molecule has 0 spiro atoms. The molecule has 0 aromatic carbocycles. The molecule has 1 aliphatic carbocycles. The zero-order valence-electron chi connectivity index (χ0n) is 10.6. The number of hydrogen-bond donors (Lipinski definition) is 1. The third-order valence-electron chi connectivity index (χ3n) is 3.58. The van der Waals surface area contributed by atoms with Crippen LogP contribution in [0, 0.1) is 23.0 Å². The van der Waals surface area contributed by atoms with E-state index in [0.29, 0.717) is 12.4 Å². The summed E-state index contributed by atoms with van der Waals surface area (Å²) in [6.45, 7) is 2.27. The molecule has 2 atom stereocenters. The van der Waals surface area contributed by atoms with Gasteiger partial charge in [0.1, 0.15) is 6.10 Å². The van der Waals surface area contributed by atoms with E-state index in [9.17, 15) is 10.1 Å². The molecule has 2 N–H and O–H groups in total. The van der Waals surface area contributed by atoms with Crippen molar-refractivity contribution >= 4 is 5.82 Å². The second-order valence-electron chi connectivity index (χ2n) is 4.69. The predicted octanol–water partition coefficient (Wildman–Crippen LogP) is 1.14. The Bertz CT molecular complexity index is 457. The maximum atomic E-state index is 10.9. The number of imidazole rings is 1. The molecule has 1 aromatic heterocycles. The standard InChI is InChI=1S/C11H18N4O3/c1-7-13-10(15(16)17)11(14(7)2)18-9-5-3-4-8(9)6-12/h8-9H,3-6,12H2,1-2H3. The van der Waals surface area contributed by atoms with Crippen LogP contribution in [0.15, 0.2) is 0 Å². The van der Waals surface area contributed by atoms with Crippen molar-refractivity contribution in [1.29, 1.82) is 0 Å². The molecular weight excluding hydrogens is 236 g/mol. The summed E-state index contributed by atoms with van der Waals surface area (Å²) < 4.78 is 7.42. The molecule has 18 heavy (non-hydrogen) atoms. The van der Waals surface area contributed by atoms with E-state index in [0.717, 1.165) is 19.3 Å². The van der Waals surface area contributed by atoms with Crippen molar-refractivity contribution in [2.75, 3.05) is 6.54 Å². The first-order chi connectivity index (χ1) is 8.54. The van der Waals surface area contributed by atoms with Crippen molar-refractivity contribution in [3.63, 3.8) is 0 Å². The number of nitrogens with zero attached hydrogens (tertiary/aromatic N) is 3. The molecule has 100 valence electrons. The highest BCUT2D eigenvalue weighted by Gasteiger charge is 2.33. The van der Waals surface area contributed by atoms with E-state index in [2.05, 4.69) is 4.98 Å². The molecule has 7 heteroatoms. The van der Waals surface area contributed by atoms with Crippen LogP contribution in [0.4, 0.5) is 5.82 Å². The van der Waals surface area contributed by atoms with Crippen molar-refractivity contribution in [3.8, 4) is 5.88 Å². The maximum absolute atomic E-state index is 10.9. The van der Waals surface area contributed by atoms with Gasteiger partial charge in [-0.3, -0.25) is 4.57 Å². The van der Waals surface area contributed by atoms with E-state index < -0.39 is 4.92 Å². The summed E-state index contributed by atoms with van der Waals surface area (Å²) in [5.74, 6) is 0.874. The first-order valence-electron chi connectivity index (χ1n) is 6.09. The Hall–Kier alpha value is -1.63. The predicted molar refractivity (Wildman–Crippen MR) is 65.4 cm³/mol. The molecule has 1 heterocycles. The second-order valence-corrected chi connectivity index (χ2v) is 4.69. The molecule has 0 aliphatic heterocycles. The van der Waals surface area contributed by atoms with E-state index >= 15 is 0 Å². The molecule has 7 nitrogen and oxygen atoms in total. The summed E-state index contributed by atoms with van der Waals surface area (Å²) in [7, 11) is 1.72. The quantitative estimate of drug-likeness (QED) is 0.642. The van der Waals surface area contributed by atoms with Crippen LogP contribution < -0.4 is 10.5 Å². The fraction of sp³-hybridized carbons (Fsp3) is 0.727. The molecule has 1 aromatic rings. The highest BCUT2D eigenvalue weighted by atomic mass is 16.6. The van der Waals surface area contributed by atoms with Crippen LogP contribution in [0.2, 0.25) is 0 Å². The molecule has 1 saturated carbocycles. The van der Waals surface area contributed by atoms with Crippen LogP contribution in [0.3, 0.4) is 0 Å². The normalized spacial score (nSPS) is 23.3. The van der Waals surface area contributed by atoms with Crippen LogP contribution >= 0.6 is 0 Å². The number of ether oxygens (including phenoxy) is 1. The van der Waals surface area contributed by atoms with Gasteiger partial charge in [-0.15, -0.1) is 0 Å². The summed E-state index contributed by atoms with van der Waals surface area (Å²) in [4.78, 5) is 14.3. The first-order valence-corrected chi connectivity index (χ1v) is 6.09. The van der Waals surface area contributed by atoms with Crippen LogP contribution in [0.1, 0.15) is 25.1 Å². The largest absolute Gasteiger partial charge is 0.469 e. The van der Waals surface area contributed by atoms with Crippen LogP contribution in [-0.2, 0) is 7.05 Å². The lowest BCUT2D eigenvalue weighted by atomic mass is 10.1. The number of rotatable bonds is 4. The van der Waals surface area contributed by atoms with Gasteiger partial charge in [0.15, 0.2) is 0 Å². The Balaban J connectivity index is 2.25. The average Bonchev–Trinajstić information content (AvgIpc) is 2.88. The Kier molecular flexibility index (Phi) is 3.51. The molecule has 0 radical (unpaired) electrons. The van der Waals surface area contributed by atoms with Gasteiger partial charge in [0.2, 0.25) is 5.82 Å². The minimum absolute atomic E-state index is 0.0384. The Labute approximate surface area is 105 Å². The number of nitrogens with two attached hydrogens (primary N) is 1. The Morgan fingerprint density at radius 1 is 1.61 bits per heavy atom. The van der Waals surface area contributed by atoms with Gasteiger partial charge < -0.3 is 20.6 Å². The molecule has 2 rings (SSSR count). The summed E-state index contributed by atoms with van der Waals surface area (Å²) in [5.41, 5.74) is 5.68. The molecule has 1 aliphatic rings. The van der Waals surface area contributed by atoms with Crippen molar-refractivity contribution in [2.45, 2.75) is 32.3 Å². The number of nitro groups is 1. The highest BCUT2D eigenvalue weighted by molar-refractivity contribution is 5.36. The van der Waals surface area contributed by atoms with Gasteiger partial charge in [-0.25, -0.2) is 0 Å². The lowest BCUT2D eigenvalue weighted by Crippen LogP contribution is -2.28. The van der Waals surface area contributed by atoms with Crippen LogP contribution in [-0.4, -0.2) is 27.1 Å². The van der Waals surface area contributed by atoms with Gasteiger partial charge in [-0.1, -0.05) is 0 Å². The average molecular weight is 254 g/mol. The van der Waals surface area contributed by atoms with E-state index in [4.69, 9.17) is 10.5 Å². The van der Waals surface area contributed by atoms with E-state index in [1.165, 1.54) is 0 Å². The third kappa shape index (κ3) is 2.17. The highest BCUT2D eigenvalue weighted by Crippen LogP contribution is 2.33. The summed E-state index contributed by atoms with van der Waals surface area (Å²) in [5, 5.41) is 10.9. The minimum atomic E-state index is -0.505. The molecular formula is C11H18N4O3. The lowest BCUT2D eigenvalue weighted by molar-refractivity contribution is -0.390. The Morgan fingerprint density at radius 2 is 2.33 bits per heavy atom. The molecule has 1 fully saturated rings. The number of aryl methyl sites for hydroxylation is 1. The van der Waals surface area contributed by atoms with E-state index in [1.807, 2.05) is 0 Å². The minimum Gasteiger partial charge on any atom is -0.469 e. The number of hydrogen-bond acceptors (Lipinski definition) is 5. The van der Waals surface area contributed by atoms with Gasteiger partial charge in [-0.05, 0) is 35.7 Å².